The second kappa shape index (κ2) is 15.6. The van der Waals surface area contributed by atoms with Crippen molar-refractivity contribution in [2.75, 3.05) is 44.3 Å². The molecule has 0 amide bonds. The van der Waals surface area contributed by atoms with Gasteiger partial charge in [-0.05, 0) is 165 Å². The van der Waals surface area contributed by atoms with Crippen LogP contribution in [0.3, 0.4) is 0 Å². The normalized spacial score (nSPS) is 41.3. The number of sulfone groups is 1. The molecule has 7 aliphatic rings. The van der Waals surface area contributed by atoms with Gasteiger partial charge in [0, 0.05) is 37.9 Å². The third-order valence-corrected chi connectivity index (χ3v) is 20.8. The van der Waals surface area contributed by atoms with Crippen molar-refractivity contribution in [1.82, 2.24) is 15.2 Å². The highest BCUT2D eigenvalue weighted by atomic mass is 35.5. The van der Waals surface area contributed by atoms with Crippen molar-refractivity contribution in [3.05, 3.63) is 58.8 Å². The lowest BCUT2D eigenvalue weighted by atomic mass is 9.33. The van der Waals surface area contributed by atoms with Crippen LogP contribution in [0, 0.1) is 56.7 Å². The first-order valence-corrected chi connectivity index (χ1v) is 25.2. The summed E-state index contributed by atoms with van der Waals surface area (Å²) in [5.41, 5.74) is 4.18. The maximum atomic E-state index is 12.8. The first-order chi connectivity index (χ1) is 27.8. The number of pyridine rings is 1. The SMILES string of the molecule is C=C(C)[C@@H]1CC[C@]2(NCCN3CCS(=O)(=O)CC3)CC[C@]3(C)C(CC[C@@H]4[C@@]5(C)CC=C(C6=CCC(CCOc7ncccc7Cl)(C(=O)O)CC6)C(C)(C)[C@@H]5CC[C@]43C)[C@@H]12. The molecule has 326 valence electrons. The molecule has 6 aliphatic carbocycles. The Morgan fingerprint density at radius 1 is 0.983 bits per heavy atom. The Morgan fingerprint density at radius 3 is 2.42 bits per heavy atom. The van der Waals surface area contributed by atoms with Gasteiger partial charge in [-0.1, -0.05) is 70.5 Å². The van der Waals surface area contributed by atoms with E-state index in [2.05, 4.69) is 75.5 Å². The maximum absolute atomic E-state index is 12.8. The standard InChI is InChI=1S/C49H72ClN3O5S/c1-33(2)35-14-21-49(52-26-27-53-28-31-59(56,57)32-29-53)23-22-46(6)37(41(35)49)10-11-40-45(5)17-15-36(44(3,4)39(45)16-18-47(40,46)7)34-12-19-48(20-13-34,43(54)55)24-30-58-42-38(50)9-8-25-51-42/h8-9,12,15,25,35,37,39-41,52H,1,10-11,13-14,16-24,26-32H2,2-7H3,(H,54,55)/t35-,37?,39-,40+,41+,45-,46+,47+,48?,49-/m0/s1. The van der Waals surface area contributed by atoms with Crippen molar-refractivity contribution in [3.8, 4) is 5.88 Å². The van der Waals surface area contributed by atoms with Gasteiger partial charge in [-0.3, -0.25) is 4.79 Å². The number of carboxylic acid groups (broad SMARTS) is 1. The van der Waals surface area contributed by atoms with E-state index in [1.165, 1.54) is 68.1 Å². The molecule has 0 aromatic carbocycles. The summed E-state index contributed by atoms with van der Waals surface area (Å²) in [4.78, 5) is 19.4. The molecule has 1 aromatic heterocycles. The average Bonchev–Trinajstić information content (AvgIpc) is 3.57. The molecule has 2 unspecified atom stereocenters. The van der Waals surface area contributed by atoms with Gasteiger partial charge in [0.2, 0.25) is 5.88 Å². The highest BCUT2D eigenvalue weighted by molar-refractivity contribution is 7.91. The number of hydrogen-bond donors (Lipinski definition) is 2. The molecule has 5 fully saturated rings. The minimum Gasteiger partial charge on any atom is -0.481 e. The van der Waals surface area contributed by atoms with Crippen molar-refractivity contribution in [1.29, 1.82) is 0 Å². The lowest BCUT2D eigenvalue weighted by Gasteiger charge is -2.72. The fraction of sp³-hybridized carbons (Fsp3) is 0.755. The van der Waals surface area contributed by atoms with Gasteiger partial charge in [0.15, 0.2) is 9.84 Å². The number of rotatable bonds is 11. The first kappa shape index (κ1) is 43.4. The Kier molecular flexibility index (Phi) is 11.5. The van der Waals surface area contributed by atoms with Crippen LogP contribution < -0.4 is 10.1 Å². The Hall–Kier alpha value is -2.20. The Balaban J connectivity index is 0.993. The lowest BCUT2D eigenvalue weighted by molar-refractivity contribution is -0.221. The van der Waals surface area contributed by atoms with Gasteiger partial charge in [-0.2, -0.15) is 0 Å². The zero-order chi connectivity index (χ0) is 42.2. The fourth-order valence-corrected chi connectivity index (χ4v) is 17.0. The molecule has 0 bridgehead atoms. The number of halogens is 1. The summed E-state index contributed by atoms with van der Waals surface area (Å²) in [7, 11) is -2.88. The van der Waals surface area contributed by atoms with E-state index in [0.29, 0.717) is 84.3 Å². The number of nitrogens with zero attached hydrogens (tertiary/aromatic N) is 2. The number of ether oxygens (including phenoxy) is 1. The largest absolute Gasteiger partial charge is 0.481 e. The van der Waals surface area contributed by atoms with Crippen molar-refractivity contribution < 1.29 is 23.1 Å². The molecule has 1 aromatic rings. The number of hydrogen-bond acceptors (Lipinski definition) is 7. The third kappa shape index (κ3) is 7.20. The van der Waals surface area contributed by atoms with Crippen LogP contribution in [0.15, 0.2) is 53.8 Å². The Morgan fingerprint density at radius 2 is 1.75 bits per heavy atom. The average molecular weight is 851 g/mol. The molecule has 8 rings (SSSR count). The molecule has 10 atom stereocenters. The van der Waals surface area contributed by atoms with Crippen LogP contribution in [0.2, 0.25) is 5.02 Å². The van der Waals surface area contributed by atoms with E-state index < -0.39 is 21.2 Å². The van der Waals surface area contributed by atoms with Crippen molar-refractivity contribution in [3.63, 3.8) is 0 Å². The van der Waals surface area contributed by atoms with Crippen LogP contribution in [-0.2, 0) is 14.6 Å². The molecule has 1 saturated heterocycles. The summed E-state index contributed by atoms with van der Waals surface area (Å²) >= 11 is 6.26. The zero-order valence-electron chi connectivity index (χ0n) is 36.9. The second-order valence-corrected chi connectivity index (χ2v) is 24.4. The van der Waals surface area contributed by atoms with E-state index in [0.717, 1.165) is 25.9 Å². The van der Waals surface area contributed by atoms with Gasteiger partial charge in [-0.15, -0.1) is 0 Å². The summed E-state index contributed by atoms with van der Waals surface area (Å²) in [6, 6.07) is 3.50. The monoisotopic (exact) mass is 849 g/mol. The number of carbonyl (C=O) groups is 1. The molecule has 0 spiro atoms. The minimum absolute atomic E-state index is 0.000656. The summed E-state index contributed by atoms with van der Waals surface area (Å²) in [6.07, 6.45) is 19.9. The molecular formula is C49H72ClN3O5S. The summed E-state index contributed by atoms with van der Waals surface area (Å²) in [6.45, 7) is 23.4. The summed E-state index contributed by atoms with van der Waals surface area (Å²) < 4.78 is 30.1. The zero-order valence-corrected chi connectivity index (χ0v) is 38.5. The fourth-order valence-electron chi connectivity index (χ4n) is 15.5. The highest BCUT2D eigenvalue weighted by Crippen LogP contribution is 2.76. The third-order valence-electron chi connectivity index (χ3n) is 18.9. The van der Waals surface area contributed by atoms with E-state index >= 15 is 0 Å². The van der Waals surface area contributed by atoms with Crippen LogP contribution in [0.25, 0.3) is 0 Å². The first-order valence-electron chi connectivity index (χ1n) is 23.0. The van der Waals surface area contributed by atoms with Crippen molar-refractivity contribution in [2.45, 2.75) is 131 Å². The van der Waals surface area contributed by atoms with E-state index in [4.69, 9.17) is 16.3 Å². The Bertz CT molecular complexity index is 1980. The van der Waals surface area contributed by atoms with Crippen LogP contribution >= 0.6 is 11.6 Å². The molecule has 2 N–H and O–H groups in total. The van der Waals surface area contributed by atoms with Crippen LogP contribution in [0.1, 0.15) is 125 Å². The molecule has 59 heavy (non-hydrogen) atoms. The number of allylic oxidation sites excluding steroid dienone is 5. The van der Waals surface area contributed by atoms with Gasteiger partial charge in [0.25, 0.3) is 0 Å². The van der Waals surface area contributed by atoms with Crippen LogP contribution in [-0.4, -0.2) is 79.2 Å². The minimum atomic E-state index is -2.88. The molecular weight excluding hydrogens is 778 g/mol. The van der Waals surface area contributed by atoms with Gasteiger partial charge in [0.05, 0.1) is 23.5 Å². The summed E-state index contributed by atoms with van der Waals surface area (Å²) in [5, 5.41) is 15.2. The van der Waals surface area contributed by atoms with Crippen LogP contribution in [0.4, 0.5) is 0 Å². The molecule has 2 heterocycles. The summed E-state index contributed by atoms with van der Waals surface area (Å²) in [5.74, 6) is 3.21. The number of aromatic nitrogens is 1. The number of carboxylic acids is 1. The lowest BCUT2D eigenvalue weighted by Crippen LogP contribution is -2.68. The van der Waals surface area contributed by atoms with E-state index in [1.54, 1.807) is 18.3 Å². The molecule has 4 saturated carbocycles. The molecule has 8 nitrogen and oxygen atoms in total. The predicted octanol–water partition coefficient (Wildman–Crippen LogP) is 9.95. The number of fused-ring (bicyclic) bond motifs is 7. The molecule has 10 heteroatoms. The quantitative estimate of drug-likeness (QED) is 0.212. The molecule has 0 radical (unpaired) electrons. The van der Waals surface area contributed by atoms with E-state index in [1.807, 2.05) is 0 Å². The number of aliphatic carboxylic acids is 1. The van der Waals surface area contributed by atoms with E-state index in [-0.39, 0.29) is 33.8 Å². The maximum Gasteiger partial charge on any atom is 0.310 e. The molecule has 1 aliphatic heterocycles. The van der Waals surface area contributed by atoms with E-state index in [9.17, 15) is 18.3 Å². The van der Waals surface area contributed by atoms with Gasteiger partial charge in [0.1, 0.15) is 5.02 Å². The van der Waals surface area contributed by atoms with Crippen molar-refractivity contribution in [2.24, 2.45) is 56.7 Å². The topological polar surface area (TPSA) is 109 Å². The second-order valence-electron chi connectivity index (χ2n) is 21.7. The highest BCUT2D eigenvalue weighted by Gasteiger charge is 2.70. The predicted molar refractivity (Wildman–Crippen MR) is 237 cm³/mol. The Labute approximate surface area is 360 Å². The number of nitrogens with one attached hydrogen (secondary N) is 1. The van der Waals surface area contributed by atoms with Crippen LogP contribution in [0.5, 0.6) is 5.88 Å². The van der Waals surface area contributed by atoms with Crippen molar-refractivity contribution >= 4 is 27.4 Å². The van der Waals surface area contributed by atoms with Gasteiger partial charge >= 0.3 is 5.97 Å². The van der Waals surface area contributed by atoms with Gasteiger partial charge in [-0.25, -0.2) is 13.4 Å². The smallest absolute Gasteiger partial charge is 0.310 e. The van der Waals surface area contributed by atoms with Gasteiger partial charge < -0.3 is 20.1 Å².